The summed E-state index contributed by atoms with van der Waals surface area (Å²) in [5.41, 5.74) is 9.89. The van der Waals surface area contributed by atoms with Gasteiger partial charge in [0.25, 0.3) is 0 Å². The van der Waals surface area contributed by atoms with Gasteiger partial charge < -0.3 is 10.5 Å². The average Bonchev–Trinajstić information content (AvgIpc) is 2.66. The molecule has 0 saturated carbocycles. The number of benzene rings is 1. The zero-order valence-corrected chi connectivity index (χ0v) is 11.3. The van der Waals surface area contributed by atoms with E-state index in [1.807, 2.05) is 30.7 Å². The first-order chi connectivity index (χ1) is 9.06. The van der Waals surface area contributed by atoms with E-state index in [0.717, 1.165) is 17.0 Å². The van der Waals surface area contributed by atoms with Crippen molar-refractivity contribution in [3.05, 3.63) is 40.7 Å². The minimum Gasteiger partial charge on any atom is -0.495 e. The minimum atomic E-state index is 0.523. The zero-order chi connectivity index (χ0) is 14.0. The highest BCUT2D eigenvalue weighted by atomic mass is 16.5. The van der Waals surface area contributed by atoms with Gasteiger partial charge in [-0.15, -0.1) is 0 Å². The summed E-state index contributed by atoms with van der Waals surface area (Å²) in [6.07, 6.45) is 0. The molecule has 2 N–H and O–H groups in total. The molecule has 0 radical (unpaired) electrons. The Morgan fingerprint density at radius 3 is 2.68 bits per heavy atom. The van der Waals surface area contributed by atoms with E-state index in [0.29, 0.717) is 23.5 Å². The van der Waals surface area contributed by atoms with Crippen LogP contribution in [0.4, 0.5) is 5.69 Å². The van der Waals surface area contributed by atoms with Gasteiger partial charge in [0, 0.05) is 0 Å². The first-order valence-electron chi connectivity index (χ1n) is 5.93. The van der Waals surface area contributed by atoms with E-state index >= 15 is 0 Å². The van der Waals surface area contributed by atoms with E-state index in [2.05, 4.69) is 11.2 Å². The summed E-state index contributed by atoms with van der Waals surface area (Å²) < 4.78 is 6.96. The Morgan fingerprint density at radius 1 is 1.42 bits per heavy atom. The molecule has 5 nitrogen and oxygen atoms in total. The molecular weight excluding hydrogens is 240 g/mol. The van der Waals surface area contributed by atoms with Crippen molar-refractivity contribution in [3.8, 4) is 11.8 Å². The first-order valence-corrected chi connectivity index (χ1v) is 5.93. The minimum absolute atomic E-state index is 0.523. The third kappa shape index (κ3) is 2.38. The number of ether oxygens (including phenoxy) is 1. The van der Waals surface area contributed by atoms with Crippen molar-refractivity contribution in [2.45, 2.75) is 20.4 Å². The molecule has 0 saturated heterocycles. The summed E-state index contributed by atoms with van der Waals surface area (Å²) >= 11 is 0. The molecule has 0 aliphatic rings. The van der Waals surface area contributed by atoms with Crippen LogP contribution in [-0.4, -0.2) is 16.9 Å². The Kier molecular flexibility index (Phi) is 3.43. The molecule has 0 amide bonds. The van der Waals surface area contributed by atoms with Crippen LogP contribution in [0.3, 0.4) is 0 Å². The quantitative estimate of drug-likeness (QED) is 0.911. The van der Waals surface area contributed by atoms with E-state index in [-0.39, 0.29) is 0 Å². The lowest BCUT2D eigenvalue weighted by molar-refractivity contribution is 0.413. The van der Waals surface area contributed by atoms with Gasteiger partial charge in [0.15, 0.2) is 0 Å². The van der Waals surface area contributed by atoms with E-state index in [4.69, 9.17) is 15.7 Å². The number of nitrogens with two attached hydrogens (primary N) is 1. The summed E-state index contributed by atoms with van der Waals surface area (Å²) in [5.74, 6) is 0.583. The molecule has 98 valence electrons. The van der Waals surface area contributed by atoms with E-state index < -0.39 is 0 Å². The second kappa shape index (κ2) is 5.02. The maximum absolute atomic E-state index is 9.07. The number of nitrogens with zero attached hydrogens (tertiary/aromatic N) is 3. The fourth-order valence-corrected chi connectivity index (χ4v) is 1.98. The van der Waals surface area contributed by atoms with Crippen molar-refractivity contribution >= 4 is 5.69 Å². The van der Waals surface area contributed by atoms with Crippen molar-refractivity contribution in [2.24, 2.45) is 0 Å². The summed E-state index contributed by atoms with van der Waals surface area (Å²) in [6.45, 7) is 4.40. The van der Waals surface area contributed by atoms with Crippen molar-refractivity contribution in [1.29, 1.82) is 5.26 Å². The Balaban J connectivity index is 2.34. The molecule has 19 heavy (non-hydrogen) atoms. The summed E-state index contributed by atoms with van der Waals surface area (Å²) in [5, 5.41) is 13.5. The molecule has 1 aromatic heterocycles. The maximum atomic E-state index is 9.07. The van der Waals surface area contributed by atoms with Gasteiger partial charge in [-0.05, 0) is 31.5 Å². The van der Waals surface area contributed by atoms with Crippen LogP contribution in [0.25, 0.3) is 0 Å². The van der Waals surface area contributed by atoms with Crippen LogP contribution in [0, 0.1) is 25.2 Å². The van der Waals surface area contributed by atoms with Crippen LogP contribution in [0.1, 0.15) is 22.5 Å². The zero-order valence-electron chi connectivity index (χ0n) is 11.3. The van der Waals surface area contributed by atoms with Crippen molar-refractivity contribution < 1.29 is 4.74 Å². The van der Waals surface area contributed by atoms with Gasteiger partial charge in [-0.2, -0.15) is 10.4 Å². The van der Waals surface area contributed by atoms with E-state index in [9.17, 15) is 0 Å². The van der Waals surface area contributed by atoms with Crippen LogP contribution in [-0.2, 0) is 6.54 Å². The second-order valence-electron chi connectivity index (χ2n) is 4.39. The molecule has 0 aliphatic carbocycles. The lowest BCUT2D eigenvalue weighted by Gasteiger charge is -2.07. The molecule has 0 bridgehead atoms. The molecule has 1 heterocycles. The van der Waals surface area contributed by atoms with Crippen LogP contribution < -0.4 is 10.5 Å². The monoisotopic (exact) mass is 256 g/mol. The lowest BCUT2D eigenvalue weighted by atomic mass is 10.1. The van der Waals surface area contributed by atoms with Gasteiger partial charge >= 0.3 is 0 Å². The third-order valence-corrected chi connectivity index (χ3v) is 3.15. The molecule has 0 spiro atoms. The highest BCUT2D eigenvalue weighted by molar-refractivity contribution is 5.48. The van der Waals surface area contributed by atoms with Crippen LogP contribution in [0.15, 0.2) is 18.2 Å². The largest absolute Gasteiger partial charge is 0.495 e. The number of methoxy groups -OCH3 is 1. The number of nitriles is 1. The highest BCUT2D eigenvalue weighted by Gasteiger charge is 2.10. The SMILES string of the molecule is COc1ccc(Cn2nc(C)c(N)c2C)cc1C#N. The Bertz CT molecular complexity index is 652. The fourth-order valence-electron chi connectivity index (χ4n) is 1.98. The standard InChI is InChI=1S/C14H16N4O/c1-9-14(16)10(2)18(17-9)8-11-4-5-13(19-3)12(6-11)7-15/h4-6H,8,16H2,1-3H3. The lowest BCUT2D eigenvalue weighted by Crippen LogP contribution is -2.05. The van der Waals surface area contributed by atoms with E-state index in [1.54, 1.807) is 13.2 Å². The number of hydrogen-bond donors (Lipinski definition) is 1. The third-order valence-electron chi connectivity index (χ3n) is 3.15. The van der Waals surface area contributed by atoms with Crippen molar-refractivity contribution in [2.75, 3.05) is 12.8 Å². The first kappa shape index (κ1) is 13.0. The van der Waals surface area contributed by atoms with Crippen LogP contribution >= 0.6 is 0 Å². The Morgan fingerprint density at radius 2 is 2.16 bits per heavy atom. The van der Waals surface area contributed by atoms with Gasteiger partial charge in [-0.3, -0.25) is 4.68 Å². The highest BCUT2D eigenvalue weighted by Crippen LogP contribution is 2.21. The van der Waals surface area contributed by atoms with Crippen LogP contribution in [0.5, 0.6) is 5.75 Å². The predicted octanol–water partition coefficient (Wildman–Crippen LogP) is 2.01. The fraction of sp³-hybridized carbons (Fsp3) is 0.286. The molecule has 5 heteroatoms. The molecule has 0 atom stereocenters. The summed E-state index contributed by atoms with van der Waals surface area (Å²) in [4.78, 5) is 0. The molecule has 0 fully saturated rings. The second-order valence-corrected chi connectivity index (χ2v) is 4.39. The smallest absolute Gasteiger partial charge is 0.136 e. The number of rotatable bonds is 3. The summed E-state index contributed by atoms with van der Waals surface area (Å²) in [6, 6.07) is 7.65. The number of aromatic nitrogens is 2. The van der Waals surface area contributed by atoms with Gasteiger partial charge in [0.05, 0.1) is 36.3 Å². The van der Waals surface area contributed by atoms with Crippen LogP contribution in [0.2, 0.25) is 0 Å². The normalized spacial score (nSPS) is 10.2. The number of anilines is 1. The molecular formula is C14H16N4O. The van der Waals surface area contributed by atoms with Gasteiger partial charge in [-0.25, -0.2) is 0 Å². The summed E-state index contributed by atoms with van der Waals surface area (Å²) in [7, 11) is 1.55. The average molecular weight is 256 g/mol. The number of nitrogen functional groups attached to an aromatic ring is 1. The van der Waals surface area contributed by atoms with Gasteiger partial charge in [0.1, 0.15) is 11.8 Å². The number of hydrogen-bond acceptors (Lipinski definition) is 4. The Labute approximate surface area is 112 Å². The van der Waals surface area contributed by atoms with Crippen molar-refractivity contribution in [1.82, 2.24) is 9.78 Å². The van der Waals surface area contributed by atoms with Gasteiger partial charge in [-0.1, -0.05) is 6.07 Å². The molecule has 0 unspecified atom stereocenters. The van der Waals surface area contributed by atoms with E-state index in [1.165, 1.54) is 0 Å². The maximum Gasteiger partial charge on any atom is 0.136 e. The predicted molar refractivity (Wildman–Crippen MR) is 72.9 cm³/mol. The topological polar surface area (TPSA) is 76.9 Å². The van der Waals surface area contributed by atoms with Gasteiger partial charge in [0.2, 0.25) is 0 Å². The molecule has 2 rings (SSSR count). The van der Waals surface area contributed by atoms with Crippen molar-refractivity contribution in [3.63, 3.8) is 0 Å². The molecule has 1 aromatic carbocycles. The molecule has 0 aliphatic heterocycles. The Hall–Kier alpha value is -2.48. The number of aryl methyl sites for hydroxylation is 1. The molecule has 2 aromatic rings.